The normalized spacial score (nSPS) is 13.2. The SMILES string of the molecule is CCC(C)(NC(=O)COc1ccc(F)cc1)C(=O)OC. The van der Waals surface area contributed by atoms with Gasteiger partial charge in [-0.2, -0.15) is 0 Å². The number of ether oxygens (including phenoxy) is 2. The van der Waals surface area contributed by atoms with E-state index in [1.54, 1.807) is 13.8 Å². The Morgan fingerprint density at radius 2 is 1.90 bits per heavy atom. The predicted molar refractivity (Wildman–Crippen MR) is 70.7 cm³/mol. The lowest BCUT2D eigenvalue weighted by molar-refractivity contribution is -0.150. The average molecular weight is 283 g/mol. The maximum atomic E-state index is 12.7. The first-order chi connectivity index (χ1) is 9.41. The van der Waals surface area contributed by atoms with Crippen LogP contribution in [0.2, 0.25) is 0 Å². The fraction of sp³-hybridized carbons (Fsp3) is 0.429. The van der Waals surface area contributed by atoms with Gasteiger partial charge >= 0.3 is 5.97 Å². The highest BCUT2D eigenvalue weighted by Crippen LogP contribution is 2.13. The van der Waals surface area contributed by atoms with Crippen LogP contribution in [0.25, 0.3) is 0 Å². The number of rotatable bonds is 6. The summed E-state index contributed by atoms with van der Waals surface area (Å²) in [6.07, 6.45) is 0.391. The van der Waals surface area contributed by atoms with Gasteiger partial charge in [0.25, 0.3) is 5.91 Å². The summed E-state index contributed by atoms with van der Waals surface area (Å²) in [6, 6.07) is 5.31. The van der Waals surface area contributed by atoms with Gasteiger partial charge in [-0.25, -0.2) is 9.18 Å². The standard InChI is InChI=1S/C14H18FNO4/c1-4-14(2,13(18)19-3)16-12(17)9-20-11-7-5-10(15)6-8-11/h5-8H,4,9H2,1-3H3,(H,16,17). The van der Waals surface area contributed by atoms with Gasteiger partial charge in [0.1, 0.15) is 17.1 Å². The zero-order chi connectivity index (χ0) is 15.2. The first kappa shape index (κ1) is 15.9. The molecule has 5 nitrogen and oxygen atoms in total. The molecule has 1 amide bonds. The highest BCUT2D eigenvalue weighted by atomic mass is 19.1. The van der Waals surface area contributed by atoms with Crippen molar-refractivity contribution in [3.05, 3.63) is 30.1 Å². The lowest BCUT2D eigenvalue weighted by atomic mass is 9.99. The molecule has 0 aliphatic carbocycles. The topological polar surface area (TPSA) is 64.6 Å². The third-order valence-corrected chi connectivity index (χ3v) is 2.94. The van der Waals surface area contributed by atoms with Gasteiger partial charge in [0.2, 0.25) is 0 Å². The van der Waals surface area contributed by atoms with E-state index in [1.807, 2.05) is 0 Å². The Bertz CT molecular complexity index is 475. The molecule has 0 heterocycles. The van der Waals surface area contributed by atoms with Gasteiger partial charge < -0.3 is 14.8 Å². The number of hydrogen-bond donors (Lipinski definition) is 1. The van der Waals surface area contributed by atoms with Crippen LogP contribution in [0, 0.1) is 5.82 Å². The molecule has 1 unspecified atom stereocenters. The molecule has 0 spiro atoms. The van der Waals surface area contributed by atoms with Crippen LogP contribution in [0.4, 0.5) is 4.39 Å². The molecule has 0 bridgehead atoms. The van der Waals surface area contributed by atoms with Crippen molar-refractivity contribution in [2.45, 2.75) is 25.8 Å². The van der Waals surface area contributed by atoms with Crippen molar-refractivity contribution >= 4 is 11.9 Å². The predicted octanol–water partition coefficient (Wildman–Crippen LogP) is 1.66. The van der Waals surface area contributed by atoms with Gasteiger partial charge in [-0.1, -0.05) is 6.92 Å². The smallest absolute Gasteiger partial charge is 0.331 e. The quantitative estimate of drug-likeness (QED) is 0.806. The number of carbonyl (C=O) groups is 2. The minimum Gasteiger partial charge on any atom is -0.484 e. The second-order valence-corrected chi connectivity index (χ2v) is 4.47. The van der Waals surface area contributed by atoms with Crippen LogP contribution < -0.4 is 10.1 Å². The summed E-state index contributed by atoms with van der Waals surface area (Å²) >= 11 is 0. The van der Waals surface area contributed by atoms with Crippen LogP contribution in [0.5, 0.6) is 5.75 Å². The van der Waals surface area contributed by atoms with Gasteiger partial charge in [0, 0.05) is 0 Å². The molecular formula is C14H18FNO4. The highest BCUT2D eigenvalue weighted by Gasteiger charge is 2.34. The fourth-order valence-corrected chi connectivity index (χ4v) is 1.53. The second kappa shape index (κ2) is 6.88. The average Bonchev–Trinajstić information content (AvgIpc) is 2.45. The highest BCUT2D eigenvalue weighted by molar-refractivity contribution is 5.88. The third kappa shape index (κ3) is 4.22. The van der Waals surface area contributed by atoms with E-state index < -0.39 is 17.4 Å². The molecule has 0 fully saturated rings. The molecule has 110 valence electrons. The second-order valence-electron chi connectivity index (χ2n) is 4.47. The van der Waals surface area contributed by atoms with Crippen molar-refractivity contribution in [1.29, 1.82) is 0 Å². The van der Waals surface area contributed by atoms with Gasteiger partial charge in [-0.05, 0) is 37.6 Å². The van der Waals surface area contributed by atoms with Crippen molar-refractivity contribution in [3.8, 4) is 5.75 Å². The number of methoxy groups -OCH3 is 1. The van der Waals surface area contributed by atoms with E-state index in [-0.39, 0.29) is 12.4 Å². The fourth-order valence-electron chi connectivity index (χ4n) is 1.53. The maximum Gasteiger partial charge on any atom is 0.331 e. The lowest BCUT2D eigenvalue weighted by Gasteiger charge is -2.26. The molecule has 6 heteroatoms. The summed E-state index contributed by atoms with van der Waals surface area (Å²) in [6.45, 7) is 3.07. The molecule has 1 N–H and O–H groups in total. The summed E-state index contributed by atoms with van der Waals surface area (Å²) < 4.78 is 22.5. The number of benzene rings is 1. The van der Waals surface area contributed by atoms with E-state index in [4.69, 9.17) is 4.74 Å². The number of amides is 1. The van der Waals surface area contributed by atoms with Crippen LogP contribution in [-0.4, -0.2) is 31.1 Å². The van der Waals surface area contributed by atoms with Crippen LogP contribution >= 0.6 is 0 Å². The minimum absolute atomic E-state index is 0.266. The van der Waals surface area contributed by atoms with Crippen molar-refractivity contribution < 1.29 is 23.5 Å². The molecular weight excluding hydrogens is 265 g/mol. The van der Waals surface area contributed by atoms with Crippen molar-refractivity contribution in [1.82, 2.24) is 5.32 Å². The van der Waals surface area contributed by atoms with E-state index in [0.717, 1.165) is 0 Å². The van der Waals surface area contributed by atoms with E-state index in [0.29, 0.717) is 12.2 Å². The van der Waals surface area contributed by atoms with Crippen LogP contribution in [0.1, 0.15) is 20.3 Å². The number of esters is 1. The Balaban J connectivity index is 2.54. The Labute approximate surface area is 117 Å². The van der Waals surface area contributed by atoms with Crippen molar-refractivity contribution in [2.75, 3.05) is 13.7 Å². The van der Waals surface area contributed by atoms with Crippen LogP contribution in [0.15, 0.2) is 24.3 Å². The Morgan fingerprint density at radius 3 is 2.40 bits per heavy atom. The Kier molecular flexibility index (Phi) is 5.49. The first-order valence-corrected chi connectivity index (χ1v) is 6.19. The lowest BCUT2D eigenvalue weighted by Crippen LogP contribution is -2.53. The van der Waals surface area contributed by atoms with Gasteiger partial charge in [0.15, 0.2) is 6.61 Å². The molecule has 0 aliphatic heterocycles. The zero-order valence-corrected chi connectivity index (χ0v) is 11.7. The third-order valence-electron chi connectivity index (χ3n) is 2.94. The molecule has 1 atom stereocenters. The van der Waals surface area contributed by atoms with Crippen LogP contribution in [0.3, 0.4) is 0 Å². The maximum absolute atomic E-state index is 12.7. The van der Waals surface area contributed by atoms with E-state index in [2.05, 4.69) is 10.1 Å². The number of carbonyl (C=O) groups excluding carboxylic acids is 2. The first-order valence-electron chi connectivity index (χ1n) is 6.19. The molecule has 0 radical (unpaired) electrons. The Morgan fingerprint density at radius 1 is 1.30 bits per heavy atom. The molecule has 1 aromatic rings. The van der Waals surface area contributed by atoms with E-state index in [9.17, 15) is 14.0 Å². The molecule has 0 saturated carbocycles. The largest absolute Gasteiger partial charge is 0.484 e. The number of nitrogens with one attached hydrogen (secondary N) is 1. The molecule has 20 heavy (non-hydrogen) atoms. The summed E-state index contributed by atoms with van der Waals surface area (Å²) in [5, 5.41) is 2.56. The van der Waals surface area contributed by atoms with E-state index >= 15 is 0 Å². The van der Waals surface area contributed by atoms with Gasteiger partial charge in [0.05, 0.1) is 7.11 Å². The van der Waals surface area contributed by atoms with Gasteiger partial charge in [-0.3, -0.25) is 4.79 Å². The molecule has 1 aromatic carbocycles. The summed E-state index contributed by atoms with van der Waals surface area (Å²) in [7, 11) is 1.26. The summed E-state index contributed by atoms with van der Waals surface area (Å²) in [5.41, 5.74) is -1.09. The summed E-state index contributed by atoms with van der Waals surface area (Å²) in [5.74, 6) is -0.983. The van der Waals surface area contributed by atoms with Crippen molar-refractivity contribution in [3.63, 3.8) is 0 Å². The van der Waals surface area contributed by atoms with Crippen molar-refractivity contribution in [2.24, 2.45) is 0 Å². The molecule has 0 aromatic heterocycles. The van der Waals surface area contributed by atoms with E-state index in [1.165, 1.54) is 31.4 Å². The molecule has 0 aliphatic rings. The number of halogens is 1. The minimum atomic E-state index is -1.09. The monoisotopic (exact) mass is 283 g/mol. The summed E-state index contributed by atoms with van der Waals surface area (Å²) in [4.78, 5) is 23.4. The van der Waals surface area contributed by atoms with Crippen LogP contribution in [-0.2, 0) is 14.3 Å². The number of hydrogen-bond acceptors (Lipinski definition) is 4. The Hall–Kier alpha value is -2.11. The van der Waals surface area contributed by atoms with Gasteiger partial charge in [-0.15, -0.1) is 0 Å². The zero-order valence-electron chi connectivity index (χ0n) is 11.7. The molecule has 0 saturated heterocycles. The molecule has 1 rings (SSSR count).